The number of aromatic nitrogens is 2. The Bertz CT molecular complexity index is 1790. The second kappa shape index (κ2) is 7.53. The van der Waals surface area contributed by atoms with Crippen LogP contribution in [0.4, 0.5) is 8.78 Å². The summed E-state index contributed by atoms with van der Waals surface area (Å²) in [6.45, 7) is 0. The zero-order valence-corrected chi connectivity index (χ0v) is 18.9. The zero-order chi connectivity index (χ0) is 24.4. The molecule has 0 aliphatic rings. The molecule has 0 N–H and O–H groups in total. The van der Waals surface area contributed by atoms with Crippen LogP contribution >= 0.6 is 0 Å². The third-order valence-electron chi connectivity index (χ3n) is 6.90. The number of para-hydroxylation sites is 4. The lowest BCUT2D eigenvalue weighted by atomic mass is 10.1. The molecule has 7 aromatic rings. The van der Waals surface area contributed by atoms with Crippen LogP contribution in [0.25, 0.3) is 55.0 Å². The van der Waals surface area contributed by atoms with Crippen molar-refractivity contribution in [2.45, 2.75) is 0 Å². The first kappa shape index (κ1) is 20.4. The third kappa shape index (κ3) is 2.64. The van der Waals surface area contributed by atoms with Gasteiger partial charge in [-0.05, 0) is 24.3 Å². The molecule has 0 spiro atoms. The molecule has 0 atom stereocenters. The number of halogens is 2. The van der Waals surface area contributed by atoms with Crippen molar-refractivity contribution in [2.24, 2.45) is 0 Å². The molecule has 0 saturated carbocycles. The van der Waals surface area contributed by atoms with Gasteiger partial charge in [0.05, 0.1) is 22.1 Å². The smallest absolute Gasteiger partial charge is 0.151 e. The topological polar surface area (TPSA) is 33.6 Å². The summed E-state index contributed by atoms with van der Waals surface area (Å²) < 4.78 is 35.0. The first-order valence-corrected chi connectivity index (χ1v) is 11.6. The molecule has 2 aromatic heterocycles. The van der Waals surface area contributed by atoms with Crippen LogP contribution in [0.5, 0.6) is 0 Å². The number of nitrogens with zero attached hydrogens (tertiary/aromatic N) is 3. The van der Waals surface area contributed by atoms with Crippen molar-refractivity contribution >= 4 is 43.6 Å². The van der Waals surface area contributed by atoms with Gasteiger partial charge in [-0.3, -0.25) is 0 Å². The number of nitriles is 1. The summed E-state index contributed by atoms with van der Waals surface area (Å²) in [5, 5.41) is 14.1. The lowest BCUT2D eigenvalue weighted by Gasteiger charge is -2.17. The van der Waals surface area contributed by atoms with E-state index in [-0.39, 0.29) is 16.9 Å². The van der Waals surface area contributed by atoms with E-state index in [1.165, 1.54) is 0 Å². The maximum atomic E-state index is 15.7. The van der Waals surface area contributed by atoms with E-state index in [0.29, 0.717) is 0 Å². The van der Waals surface area contributed by atoms with Crippen molar-refractivity contribution in [2.75, 3.05) is 0 Å². The van der Waals surface area contributed by atoms with Crippen molar-refractivity contribution in [3.8, 4) is 17.4 Å². The van der Waals surface area contributed by atoms with Crippen LogP contribution in [0, 0.1) is 23.0 Å². The first-order valence-electron chi connectivity index (χ1n) is 11.6. The fourth-order valence-corrected chi connectivity index (χ4v) is 5.47. The Kier molecular flexibility index (Phi) is 4.27. The van der Waals surface area contributed by atoms with Gasteiger partial charge in [0.2, 0.25) is 0 Å². The molecule has 7 rings (SSSR count). The predicted octanol–water partition coefficient (Wildman–Crippen LogP) is 8.03. The third-order valence-corrected chi connectivity index (χ3v) is 6.90. The van der Waals surface area contributed by atoms with Crippen molar-refractivity contribution in [3.05, 3.63) is 120 Å². The van der Waals surface area contributed by atoms with E-state index in [9.17, 15) is 5.26 Å². The monoisotopic (exact) mass is 469 g/mol. The van der Waals surface area contributed by atoms with E-state index in [2.05, 4.69) is 6.07 Å². The molecule has 0 aliphatic heterocycles. The van der Waals surface area contributed by atoms with E-state index in [4.69, 9.17) is 0 Å². The van der Waals surface area contributed by atoms with E-state index >= 15 is 8.78 Å². The van der Waals surface area contributed by atoms with E-state index < -0.39 is 11.6 Å². The molecule has 170 valence electrons. The fourth-order valence-electron chi connectivity index (χ4n) is 5.47. The molecule has 5 aromatic carbocycles. The van der Waals surface area contributed by atoms with Crippen molar-refractivity contribution < 1.29 is 8.78 Å². The summed E-state index contributed by atoms with van der Waals surface area (Å²) in [6, 6.07) is 33.7. The van der Waals surface area contributed by atoms with Crippen molar-refractivity contribution in [1.82, 2.24) is 9.13 Å². The number of rotatable bonds is 2. The number of benzene rings is 5. The molecule has 2 heterocycles. The molecule has 0 bridgehead atoms. The Morgan fingerprint density at radius 1 is 0.500 bits per heavy atom. The zero-order valence-electron chi connectivity index (χ0n) is 18.9. The number of hydrogen-bond acceptors (Lipinski definition) is 1. The molecule has 5 heteroatoms. The van der Waals surface area contributed by atoms with Gasteiger partial charge in [-0.2, -0.15) is 5.26 Å². The van der Waals surface area contributed by atoms with Gasteiger partial charge >= 0.3 is 0 Å². The average Bonchev–Trinajstić information content (AvgIpc) is 3.42. The van der Waals surface area contributed by atoms with Gasteiger partial charge in [-0.15, -0.1) is 0 Å². The minimum Gasteiger partial charge on any atom is -0.305 e. The van der Waals surface area contributed by atoms with Crippen LogP contribution in [0.15, 0.2) is 103 Å². The van der Waals surface area contributed by atoms with Gasteiger partial charge in [0.25, 0.3) is 0 Å². The molecule has 0 saturated heterocycles. The largest absolute Gasteiger partial charge is 0.305 e. The lowest BCUT2D eigenvalue weighted by Crippen LogP contribution is -2.09. The van der Waals surface area contributed by atoms with Gasteiger partial charge in [0.15, 0.2) is 11.6 Å². The molecular formula is C31H17F2N3. The summed E-state index contributed by atoms with van der Waals surface area (Å²) in [7, 11) is 0. The maximum absolute atomic E-state index is 15.7. The molecule has 3 nitrogen and oxygen atoms in total. The van der Waals surface area contributed by atoms with Crippen LogP contribution in [0.1, 0.15) is 5.56 Å². The van der Waals surface area contributed by atoms with Crippen LogP contribution in [-0.4, -0.2) is 9.13 Å². The van der Waals surface area contributed by atoms with Crippen molar-refractivity contribution in [1.29, 1.82) is 5.26 Å². The SMILES string of the molecule is N#Cc1c(-n2c3ccccc3c3ccccc32)c(F)cc(F)c1-n1c2ccccc2c2ccccc21. The molecule has 0 unspecified atom stereocenters. The van der Waals surface area contributed by atoms with Gasteiger partial charge in [0, 0.05) is 27.6 Å². The Balaban J connectivity index is 1.69. The number of hydrogen-bond donors (Lipinski definition) is 0. The predicted molar refractivity (Wildman–Crippen MR) is 140 cm³/mol. The number of fused-ring (bicyclic) bond motifs is 6. The molecule has 0 radical (unpaired) electrons. The summed E-state index contributed by atoms with van der Waals surface area (Å²) in [4.78, 5) is 0. The highest BCUT2D eigenvalue weighted by Gasteiger charge is 2.26. The Hall–Kier alpha value is -4.95. The van der Waals surface area contributed by atoms with Gasteiger partial charge in [-0.25, -0.2) is 8.78 Å². The van der Waals surface area contributed by atoms with Gasteiger partial charge < -0.3 is 9.13 Å². The van der Waals surface area contributed by atoms with E-state index in [1.807, 2.05) is 97.1 Å². The minimum atomic E-state index is -0.792. The van der Waals surface area contributed by atoms with Crippen LogP contribution in [-0.2, 0) is 0 Å². The highest BCUT2D eigenvalue weighted by atomic mass is 19.1. The van der Waals surface area contributed by atoms with Gasteiger partial charge in [0.1, 0.15) is 23.0 Å². The fraction of sp³-hybridized carbons (Fsp3) is 0. The summed E-state index contributed by atoms with van der Waals surface area (Å²) >= 11 is 0. The summed E-state index contributed by atoms with van der Waals surface area (Å²) in [5.74, 6) is -1.58. The van der Waals surface area contributed by atoms with E-state index in [1.54, 1.807) is 9.13 Å². The minimum absolute atomic E-state index is 0.0353. The van der Waals surface area contributed by atoms with Crippen LogP contribution < -0.4 is 0 Å². The van der Waals surface area contributed by atoms with Crippen LogP contribution in [0.3, 0.4) is 0 Å². The second-order valence-electron chi connectivity index (χ2n) is 8.76. The molecule has 0 amide bonds. The average molecular weight is 469 g/mol. The highest BCUT2D eigenvalue weighted by molar-refractivity contribution is 6.11. The van der Waals surface area contributed by atoms with Gasteiger partial charge in [-0.1, -0.05) is 72.8 Å². The molecule has 36 heavy (non-hydrogen) atoms. The highest BCUT2D eigenvalue weighted by Crippen LogP contribution is 2.39. The second-order valence-corrected chi connectivity index (χ2v) is 8.76. The summed E-state index contributed by atoms with van der Waals surface area (Å²) in [6.07, 6.45) is 0. The normalized spacial score (nSPS) is 11.6. The van der Waals surface area contributed by atoms with Crippen molar-refractivity contribution in [3.63, 3.8) is 0 Å². The molecule has 0 aliphatic carbocycles. The van der Waals surface area contributed by atoms with Crippen LogP contribution in [0.2, 0.25) is 0 Å². The molecule has 0 fully saturated rings. The quantitative estimate of drug-likeness (QED) is 0.252. The lowest BCUT2D eigenvalue weighted by molar-refractivity contribution is 0.574. The first-order chi connectivity index (χ1) is 17.7. The van der Waals surface area contributed by atoms with E-state index in [0.717, 1.165) is 49.7 Å². The molecular weight excluding hydrogens is 452 g/mol. The summed E-state index contributed by atoms with van der Waals surface area (Å²) in [5.41, 5.74) is 2.98. The standard InChI is InChI=1S/C31H17F2N3/c32-24-17-25(33)31(36-28-15-7-3-11-21(28)22-12-4-8-16-29(22)36)23(18-34)30(24)35-26-13-5-1-9-19(26)20-10-2-6-14-27(20)35/h1-17H. The Labute approximate surface area is 204 Å². The maximum Gasteiger partial charge on any atom is 0.151 e. The Morgan fingerprint density at radius 3 is 1.11 bits per heavy atom. The Morgan fingerprint density at radius 2 is 0.806 bits per heavy atom.